The number of benzene rings is 1. The van der Waals surface area contributed by atoms with Gasteiger partial charge in [-0.3, -0.25) is 0 Å². The van der Waals surface area contributed by atoms with Gasteiger partial charge in [0, 0.05) is 35.9 Å². The Morgan fingerprint density at radius 3 is 2.71 bits per heavy atom. The summed E-state index contributed by atoms with van der Waals surface area (Å²) in [7, 11) is 1.63. The van der Waals surface area contributed by atoms with Crippen molar-refractivity contribution < 1.29 is 9.47 Å². The number of rotatable bonds is 4. The summed E-state index contributed by atoms with van der Waals surface area (Å²) >= 11 is 13.5. The number of halogens is 1. The van der Waals surface area contributed by atoms with E-state index in [0.29, 0.717) is 21.7 Å². The van der Waals surface area contributed by atoms with Crippen LogP contribution in [-0.4, -0.2) is 29.9 Å². The third-order valence-corrected chi connectivity index (χ3v) is 6.84. The first-order valence-electron chi connectivity index (χ1n) is 9.49. The van der Waals surface area contributed by atoms with Crippen LogP contribution in [0.1, 0.15) is 44.1 Å². The summed E-state index contributed by atoms with van der Waals surface area (Å²) in [5.41, 5.74) is 0.805. The van der Waals surface area contributed by atoms with Gasteiger partial charge in [0.25, 0.3) is 0 Å². The van der Waals surface area contributed by atoms with Crippen LogP contribution in [0, 0.1) is 5.92 Å². The largest absolute Gasteiger partial charge is 0.496 e. The molecule has 0 aliphatic carbocycles. The highest BCUT2D eigenvalue weighted by Crippen LogP contribution is 2.27. The van der Waals surface area contributed by atoms with Crippen molar-refractivity contribution in [1.82, 2.24) is 4.57 Å². The van der Waals surface area contributed by atoms with Crippen molar-refractivity contribution in [2.24, 2.45) is 10.9 Å². The second kappa shape index (κ2) is 9.08. The van der Waals surface area contributed by atoms with E-state index >= 15 is 0 Å². The van der Waals surface area contributed by atoms with E-state index in [4.69, 9.17) is 38.3 Å². The number of nitrogens with zero attached hydrogens (tertiary/aromatic N) is 2. The standard InChI is InChI=1S/C21H27ClN2O2S2/c1-21(2,3)18-13-24(12-14-7-9-26-10-8-14)20(28-18)23-19(27)16-11-15(22)5-6-17(16)25-4/h5-6,11,13-14H,7-10,12H2,1-4H3. The molecular formula is C21H27ClN2O2S2. The van der Waals surface area contributed by atoms with Gasteiger partial charge in [0.05, 0.1) is 12.7 Å². The summed E-state index contributed by atoms with van der Waals surface area (Å²) in [4.78, 5) is 7.52. The topological polar surface area (TPSA) is 35.8 Å². The fraction of sp³-hybridized carbons (Fsp3) is 0.524. The zero-order chi connectivity index (χ0) is 20.3. The Labute approximate surface area is 181 Å². The molecule has 0 saturated carbocycles. The minimum atomic E-state index is 0.0607. The molecule has 152 valence electrons. The predicted molar refractivity (Wildman–Crippen MR) is 120 cm³/mol. The molecular weight excluding hydrogens is 412 g/mol. The molecule has 2 aromatic rings. The summed E-state index contributed by atoms with van der Waals surface area (Å²) in [6, 6.07) is 5.43. The maximum atomic E-state index is 6.17. The highest BCUT2D eigenvalue weighted by Gasteiger charge is 2.21. The van der Waals surface area contributed by atoms with Crippen molar-refractivity contribution in [1.29, 1.82) is 0 Å². The monoisotopic (exact) mass is 438 g/mol. The van der Waals surface area contributed by atoms with Crippen molar-refractivity contribution >= 4 is 40.1 Å². The van der Waals surface area contributed by atoms with Gasteiger partial charge < -0.3 is 14.0 Å². The fourth-order valence-corrected chi connectivity index (χ4v) is 4.69. The summed E-state index contributed by atoms with van der Waals surface area (Å²) in [5, 5.41) is 0.616. The molecule has 1 aliphatic heterocycles. The molecule has 4 nitrogen and oxygen atoms in total. The van der Waals surface area contributed by atoms with E-state index in [1.54, 1.807) is 24.5 Å². The molecule has 0 amide bonds. The molecule has 1 aromatic carbocycles. The van der Waals surface area contributed by atoms with E-state index in [9.17, 15) is 0 Å². The van der Waals surface area contributed by atoms with E-state index in [1.807, 2.05) is 12.1 Å². The van der Waals surface area contributed by atoms with Crippen LogP contribution in [0.3, 0.4) is 0 Å². The van der Waals surface area contributed by atoms with Gasteiger partial charge in [-0.15, -0.1) is 11.3 Å². The number of methoxy groups -OCH3 is 1. The van der Waals surface area contributed by atoms with Crippen LogP contribution >= 0.6 is 35.2 Å². The minimum absolute atomic E-state index is 0.0607. The van der Waals surface area contributed by atoms with Crippen molar-refractivity contribution in [3.05, 3.63) is 44.7 Å². The van der Waals surface area contributed by atoms with Crippen LogP contribution in [0.2, 0.25) is 5.02 Å². The molecule has 28 heavy (non-hydrogen) atoms. The first-order valence-corrected chi connectivity index (χ1v) is 11.1. The Kier molecular flexibility index (Phi) is 6.97. The molecule has 3 rings (SSSR count). The number of ether oxygens (including phenoxy) is 2. The molecule has 1 fully saturated rings. The van der Waals surface area contributed by atoms with E-state index in [2.05, 4.69) is 31.5 Å². The maximum absolute atomic E-state index is 6.17. The SMILES string of the molecule is COc1ccc(Cl)cc1C(=S)N=c1sc(C(C)(C)C)cn1CC1CCOCC1. The quantitative estimate of drug-likeness (QED) is 0.614. The number of thiocarbonyl (C=S) groups is 1. The van der Waals surface area contributed by atoms with Crippen LogP contribution in [-0.2, 0) is 16.7 Å². The Hall–Kier alpha value is -1.21. The molecule has 1 aliphatic rings. The zero-order valence-electron chi connectivity index (χ0n) is 16.8. The van der Waals surface area contributed by atoms with Gasteiger partial charge in [0.15, 0.2) is 4.80 Å². The Balaban J connectivity index is 2.00. The Morgan fingerprint density at radius 1 is 1.36 bits per heavy atom. The lowest BCUT2D eigenvalue weighted by molar-refractivity contribution is 0.0610. The lowest BCUT2D eigenvalue weighted by Gasteiger charge is -2.22. The van der Waals surface area contributed by atoms with Crippen molar-refractivity contribution in [3.8, 4) is 5.75 Å². The molecule has 0 atom stereocenters. The summed E-state index contributed by atoms with van der Waals surface area (Å²) in [5.74, 6) is 1.28. The third kappa shape index (κ3) is 5.23. The smallest absolute Gasteiger partial charge is 0.191 e. The predicted octanol–water partition coefficient (Wildman–Crippen LogP) is 5.21. The highest BCUT2D eigenvalue weighted by molar-refractivity contribution is 7.80. The van der Waals surface area contributed by atoms with Crippen LogP contribution in [0.15, 0.2) is 29.4 Å². The molecule has 0 radical (unpaired) electrons. The molecule has 1 saturated heterocycles. The van der Waals surface area contributed by atoms with Crippen LogP contribution in [0.5, 0.6) is 5.75 Å². The first kappa shape index (κ1) is 21.5. The van der Waals surface area contributed by atoms with Gasteiger partial charge in [-0.25, -0.2) is 4.99 Å². The number of aromatic nitrogens is 1. The summed E-state index contributed by atoms with van der Waals surface area (Å²) < 4.78 is 13.2. The first-order chi connectivity index (χ1) is 13.3. The van der Waals surface area contributed by atoms with Gasteiger partial charge in [0.2, 0.25) is 0 Å². The number of thiazole rings is 1. The van der Waals surface area contributed by atoms with E-state index in [1.165, 1.54) is 4.88 Å². The molecule has 1 aromatic heterocycles. The fourth-order valence-electron chi connectivity index (χ4n) is 3.15. The summed E-state index contributed by atoms with van der Waals surface area (Å²) in [6.45, 7) is 9.28. The van der Waals surface area contributed by atoms with Gasteiger partial charge in [0.1, 0.15) is 10.7 Å². The van der Waals surface area contributed by atoms with Gasteiger partial charge in [-0.05, 0) is 42.4 Å². The Bertz CT molecular complexity index is 906. The van der Waals surface area contributed by atoms with E-state index < -0.39 is 0 Å². The number of hydrogen-bond donors (Lipinski definition) is 0. The lowest BCUT2D eigenvalue weighted by Crippen LogP contribution is -2.25. The average Bonchev–Trinajstić information content (AvgIpc) is 3.05. The van der Waals surface area contributed by atoms with Gasteiger partial charge in [-0.1, -0.05) is 44.6 Å². The molecule has 2 heterocycles. The molecule has 0 N–H and O–H groups in total. The highest BCUT2D eigenvalue weighted by atomic mass is 35.5. The van der Waals surface area contributed by atoms with Crippen LogP contribution in [0.25, 0.3) is 0 Å². The molecule has 0 bridgehead atoms. The van der Waals surface area contributed by atoms with E-state index in [-0.39, 0.29) is 5.41 Å². The minimum Gasteiger partial charge on any atom is -0.496 e. The zero-order valence-corrected chi connectivity index (χ0v) is 19.2. The maximum Gasteiger partial charge on any atom is 0.191 e. The molecule has 7 heteroatoms. The molecule has 0 unspecified atom stereocenters. The van der Waals surface area contributed by atoms with Gasteiger partial charge >= 0.3 is 0 Å². The Morgan fingerprint density at radius 2 is 2.07 bits per heavy atom. The second-order valence-corrected chi connectivity index (χ2v) is 9.93. The normalized spacial score (nSPS) is 16.4. The molecule has 0 spiro atoms. The van der Waals surface area contributed by atoms with Crippen LogP contribution in [0.4, 0.5) is 0 Å². The third-order valence-electron chi connectivity index (χ3n) is 4.84. The van der Waals surface area contributed by atoms with E-state index in [0.717, 1.165) is 43.0 Å². The number of hydrogen-bond acceptors (Lipinski definition) is 4. The summed E-state index contributed by atoms with van der Waals surface area (Å²) in [6.07, 6.45) is 4.40. The van der Waals surface area contributed by atoms with Crippen molar-refractivity contribution in [2.45, 2.75) is 45.6 Å². The van der Waals surface area contributed by atoms with Crippen LogP contribution < -0.4 is 9.54 Å². The second-order valence-electron chi connectivity index (χ2n) is 8.10. The average molecular weight is 439 g/mol. The van der Waals surface area contributed by atoms with Crippen molar-refractivity contribution in [2.75, 3.05) is 20.3 Å². The van der Waals surface area contributed by atoms with Crippen molar-refractivity contribution in [3.63, 3.8) is 0 Å². The van der Waals surface area contributed by atoms with Gasteiger partial charge in [-0.2, -0.15) is 0 Å². The lowest BCUT2D eigenvalue weighted by atomic mass is 9.95.